The molecule has 0 unspecified atom stereocenters. The lowest BCUT2D eigenvalue weighted by molar-refractivity contribution is -0.148. The first-order chi connectivity index (χ1) is 23.3. The highest BCUT2D eigenvalue weighted by Crippen LogP contribution is 2.13. The number of ether oxygens (including phenoxy) is 4. The number of benzene rings is 1. The van der Waals surface area contributed by atoms with E-state index in [-0.39, 0.29) is 56.3 Å². The van der Waals surface area contributed by atoms with Crippen molar-refractivity contribution >= 4 is 35.4 Å². The number of amides is 5. The Hall–Kier alpha value is -3.79. The Bertz CT molecular complexity index is 1130. The minimum atomic E-state index is -0.975. The van der Waals surface area contributed by atoms with E-state index in [2.05, 4.69) is 40.4 Å². The van der Waals surface area contributed by atoms with Crippen LogP contribution in [-0.4, -0.2) is 101 Å². The summed E-state index contributed by atoms with van der Waals surface area (Å²) in [6, 6.07) is 4.61. The molecule has 0 aliphatic heterocycles. The molecule has 0 bridgehead atoms. The number of nitrogens with two attached hydrogens (primary N) is 1. The molecule has 0 saturated heterocycles. The van der Waals surface area contributed by atoms with Gasteiger partial charge >= 0.3 is 12.0 Å². The topological polar surface area (TPSA) is 208 Å². The van der Waals surface area contributed by atoms with Crippen molar-refractivity contribution in [2.24, 2.45) is 17.6 Å². The summed E-state index contributed by atoms with van der Waals surface area (Å²) >= 11 is 0. The highest BCUT2D eigenvalue weighted by Gasteiger charge is 2.28. The second kappa shape index (κ2) is 25.2. The van der Waals surface area contributed by atoms with Gasteiger partial charge in [-0.25, -0.2) is 4.79 Å². The van der Waals surface area contributed by atoms with Crippen molar-refractivity contribution in [2.45, 2.75) is 85.5 Å². The smallest absolute Gasteiger partial charge is 0.312 e. The summed E-state index contributed by atoms with van der Waals surface area (Å²) in [6.07, 6.45) is 0.582. The molecule has 1 aromatic carbocycles. The highest BCUT2D eigenvalue weighted by atomic mass is 16.5. The molecule has 0 aromatic heterocycles. The van der Waals surface area contributed by atoms with Crippen LogP contribution in [0.15, 0.2) is 24.3 Å². The van der Waals surface area contributed by atoms with Gasteiger partial charge in [0.2, 0.25) is 17.7 Å². The molecule has 0 aliphatic carbocycles. The van der Waals surface area contributed by atoms with Crippen molar-refractivity contribution in [3.63, 3.8) is 0 Å². The van der Waals surface area contributed by atoms with Crippen molar-refractivity contribution in [3.8, 4) is 0 Å². The van der Waals surface area contributed by atoms with E-state index in [1.165, 1.54) is 0 Å². The van der Waals surface area contributed by atoms with E-state index in [0.29, 0.717) is 51.2 Å². The quantitative estimate of drug-likeness (QED) is 0.0613. The average Bonchev–Trinajstić information content (AvgIpc) is 3.04. The largest absolute Gasteiger partial charge is 0.461 e. The lowest BCUT2D eigenvalue weighted by Crippen LogP contribution is -2.54. The van der Waals surface area contributed by atoms with Gasteiger partial charge in [-0.05, 0) is 36.5 Å². The maximum Gasteiger partial charge on any atom is 0.312 e. The summed E-state index contributed by atoms with van der Waals surface area (Å²) in [5.74, 6) is -2.20. The van der Waals surface area contributed by atoms with Crippen LogP contribution in [0.5, 0.6) is 0 Å². The van der Waals surface area contributed by atoms with Crippen LogP contribution in [-0.2, 0) is 44.7 Å². The zero-order valence-corrected chi connectivity index (χ0v) is 29.9. The monoisotopic (exact) mass is 694 g/mol. The van der Waals surface area contributed by atoms with E-state index in [4.69, 9.17) is 24.7 Å². The Morgan fingerprint density at radius 1 is 0.755 bits per heavy atom. The van der Waals surface area contributed by atoms with Crippen molar-refractivity contribution in [1.29, 1.82) is 0 Å². The molecule has 278 valence electrons. The first-order valence-corrected chi connectivity index (χ1v) is 17.0. The van der Waals surface area contributed by atoms with Gasteiger partial charge in [-0.3, -0.25) is 19.2 Å². The molecule has 1 aromatic rings. The SMILES string of the molecule is CC(C)NCCOCCOCCOCCC(=O)N[C@H](C(=O)N[C@@H](CCCNC(N)=O)C(=O)Nc1ccc(COC(=O)C(C)C)cc1)C(C)C. The molecule has 0 heterocycles. The van der Waals surface area contributed by atoms with Gasteiger partial charge in [0.05, 0.1) is 45.6 Å². The fourth-order valence-corrected chi connectivity index (χ4v) is 4.19. The Labute approximate surface area is 290 Å². The number of urea groups is 1. The number of rotatable bonds is 26. The molecule has 0 saturated carbocycles. The van der Waals surface area contributed by atoms with Gasteiger partial charge in [0.25, 0.3) is 0 Å². The number of nitrogens with one attached hydrogen (secondary N) is 5. The molecule has 15 nitrogen and oxygen atoms in total. The molecule has 7 N–H and O–H groups in total. The molecule has 1 rings (SSSR count). The number of anilines is 1. The summed E-state index contributed by atoms with van der Waals surface area (Å²) in [6.45, 7) is 14.7. The molecule has 5 amide bonds. The first kappa shape index (κ1) is 43.2. The lowest BCUT2D eigenvalue weighted by Gasteiger charge is -2.25. The second-order valence-electron chi connectivity index (χ2n) is 12.4. The maximum atomic E-state index is 13.3. The number of esters is 1. The van der Waals surface area contributed by atoms with Gasteiger partial charge in [-0.2, -0.15) is 0 Å². The van der Waals surface area contributed by atoms with Gasteiger partial charge in [-0.1, -0.05) is 53.7 Å². The Morgan fingerprint density at radius 3 is 1.94 bits per heavy atom. The van der Waals surface area contributed by atoms with Crippen molar-refractivity contribution in [3.05, 3.63) is 29.8 Å². The van der Waals surface area contributed by atoms with E-state index in [9.17, 15) is 24.0 Å². The van der Waals surface area contributed by atoms with Gasteiger partial charge in [0.1, 0.15) is 18.7 Å². The summed E-state index contributed by atoms with van der Waals surface area (Å²) in [5.41, 5.74) is 6.36. The standard InChI is InChI=1S/C34H58N6O9/c1-23(2)30(40-29(41)13-16-46-18-20-48-21-19-47-17-15-36-25(5)6)32(43)39-28(8-7-14-37-34(35)45)31(42)38-27-11-9-26(10-12-27)22-49-33(44)24(3)4/h9-12,23-25,28,30,36H,7-8,13-22H2,1-6H3,(H,38,42)(H,39,43)(H,40,41)(H3,35,37,45)/t28-,30-/m0/s1. The van der Waals surface area contributed by atoms with E-state index >= 15 is 0 Å². The van der Waals surface area contributed by atoms with Crippen molar-refractivity contribution in [2.75, 3.05) is 58.0 Å². The first-order valence-electron chi connectivity index (χ1n) is 17.0. The minimum absolute atomic E-state index is 0.0395. The lowest BCUT2D eigenvalue weighted by atomic mass is 10.0. The summed E-state index contributed by atoms with van der Waals surface area (Å²) in [5, 5.41) is 14.0. The third-order valence-electron chi connectivity index (χ3n) is 6.96. The van der Waals surface area contributed by atoms with Crippen molar-refractivity contribution < 1.29 is 42.9 Å². The molecule has 49 heavy (non-hydrogen) atoms. The predicted molar refractivity (Wildman–Crippen MR) is 185 cm³/mol. The Morgan fingerprint density at radius 2 is 1.37 bits per heavy atom. The van der Waals surface area contributed by atoms with Gasteiger partial charge < -0.3 is 51.3 Å². The normalized spacial score (nSPS) is 12.4. The van der Waals surface area contributed by atoms with Crippen LogP contribution in [0.2, 0.25) is 0 Å². The number of primary amides is 1. The summed E-state index contributed by atoms with van der Waals surface area (Å²) in [7, 11) is 0. The van der Waals surface area contributed by atoms with Crippen LogP contribution in [0, 0.1) is 11.8 Å². The van der Waals surface area contributed by atoms with Gasteiger partial charge in [-0.15, -0.1) is 0 Å². The molecule has 15 heteroatoms. The zero-order chi connectivity index (χ0) is 36.6. The van der Waals surface area contributed by atoms with Crippen molar-refractivity contribution in [1.82, 2.24) is 21.3 Å². The molecular weight excluding hydrogens is 636 g/mol. The average molecular weight is 695 g/mol. The van der Waals surface area contributed by atoms with Gasteiger partial charge in [0, 0.05) is 31.2 Å². The zero-order valence-electron chi connectivity index (χ0n) is 29.9. The van der Waals surface area contributed by atoms with Gasteiger partial charge in [0.15, 0.2) is 0 Å². The molecule has 0 spiro atoms. The Kier molecular flexibility index (Phi) is 22.3. The fourth-order valence-electron chi connectivity index (χ4n) is 4.19. The van der Waals surface area contributed by atoms with E-state index in [1.807, 2.05) is 0 Å². The second-order valence-corrected chi connectivity index (χ2v) is 12.4. The predicted octanol–water partition coefficient (Wildman–Crippen LogP) is 1.84. The fraction of sp³-hybridized carbons (Fsp3) is 0.676. The molecular formula is C34H58N6O9. The van der Waals surface area contributed by atoms with Crippen LogP contribution in [0.3, 0.4) is 0 Å². The highest BCUT2D eigenvalue weighted by molar-refractivity contribution is 5.98. The van der Waals surface area contributed by atoms with E-state index < -0.39 is 29.9 Å². The minimum Gasteiger partial charge on any atom is -0.461 e. The number of carbonyl (C=O) groups excluding carboxylic acids is 5. The Balaban J connectivity index is 2.61. The number of carbonyl (C=O) groups is 5. The molecule has 0 fully saturated rings. The van der Waals surface area contributed by atoms with Crippen LogP contribution < -0.4 is 32.3 Å². The summed E-state index contributed by atoms with van der Waals surface area (Å²) < 4.78 is 21.7. The third kappa shape index (κ3) is 21.0. The van der Waals surface area contributed by atoms with Crippen LogP contribution in [0.25, 0.3) is 0 Å². The van der Waals surface area contributed by atoms with Crippen LogP contribution >= 0.6 is 0 Å². The number of hydrogen-bond acceptors (Lipinski definition) is 10. The molecule has 2 atom stereocenters. The summed E-state index contributed by atoms with van der Waals surface area (Å²) in [4.78, 5) is 62.1. The molecule has 0 radical (unpaired) electrons. The molecule has 0 aliphatic rings. The van der Waals surface area contributed by atoms with E-state index in [0.717, 1.165) is 12.1 Å². The van der Waals surface area contributed by atoms with Crippen LogP contribution in [0.1, 0.15) is 66.4 Å². The third-order valence-corrected chi connectivity index (χ3v) is 6.96. The van der Waals surface area contributed by atoms with Crippen LogP contribution in [0.4, 0.5) is 10.5 Å². The maximum absolute atomic E-state index is 13.3. The van der Waals surface area contributed by atoms with E-state index in [1.54, 1.807) is 52.0 Å². The number of hydrogen-bond donors (Lipinski definition) is 6.